The van der Waals surface area contributed by atoms with Crippen LogP contribution >= 0.6 is 0 Å². The molecule has 6 heteroatoms. The third-order valence-electron chi connectivity index (χ3n) is 4.90. The highest BCUT2D eigenvalue weighted by atomic mass is 16.1. The van der Waals surface area contributed by atoms with Crippen molar-refractivity contribution in [3.8, 4) is 0 Å². The van der Waals surface area contributed by atoms with Crippen LogP contribution in [0.3, 0.4) is 0 Å². The lowest BCUT2D eigenvalue weighted by Gasteiger charge is -2.24. The van der Waals surface area contributed by atoms with E-state index in [1.54, 1.807) is 0 Å². The first kappa shape index (κ1) is 13.5. The van der Waals surface area contributed by atoms with Crippen molar-refractivity contribution in [2.75, 3.05) is 5.32 Å². The highest BCUT2D eigenvalue weighted by molar-refractivity contribution is 5.94. The fraction of sp³-hybridized carbons (Fsp3) is 0.562. The minimum Gasteiger partial charge on any atom is -0.311 e. The lowest BCUT2D eigenvalue weighted by molar-refractivity contribution is -0.116. The summed E-state index contributed by atoms with van der Waals surface area (Å²) in [4.78, 5) is 12.2. The predicted octanol–water partition coefficient (Wildman–Crippen LogP) is 2.69. The zero-order valence-electron chi connectivity index (χ0n) is 12.8. The van der Waals surface area contributed by atoms with Crippen LogP contribution in [0.2, 0.25) is 0 Å². The molecule has 1 unspecified atom stereocenters. The molecule has 1 atom stereocenters. The van der Waals surface area contributed by atoms with Gasteiger partial charge in [0.1, 0.15) is 5.82 Å². The normalized spacial score (nSPS) is 21.9. The standard InChI is InChI=1S/C16H21N5O/c1-2-20-10-11(8-17-20)13-7-15(22)19-16-14(13)9-18-21(16)12-5-3-4-6-12/h8-10,12-13H,2-7H2,1H3,(H,19,22). The van der Waals surface area contributed by atoms with Gasteiger partial charge in [-0.2, -0.15) is 10.2 Å². The fourth-order valence-electron chi connectivity index (χ4n) is 3.69. The summed E-state index contributed by atoms with van der Waals surface area (Å²) in [6.45, 7) is 2.90. The number of nitrogens with one attached hydrogen (secondary N) is 1. The van der Waals surface area contributed by atoms with Gasteiger partial charge in [0.25, 0.3) is 0 Å². The summed E-state index contributed by atoms with van der Waals surface area (Å²) in [5.41, 5.74) is 2.23. The number of fused-ring (bicyclic) bond motifs is 1. The Morgan fingerprint density at radius 1 is 1.27 bits per heavy atom. The molecule has 6 nitrogen and oxygen atoms in total. The predicted molar refractivity (Wildman–Crippen MR) is 82.7 cm³/mol. The average molecular weight is 299 g/mol. The zero-order valence-corrected chi connectivity index (χ0v) is 12.8. The van der Waals surface area contributed by atoms with Gasteiger partial charge in [-0.3, -0.25) is 9.48 Å². The Hall–Kier alpha value is -2.11. The smallest absolute Gasteiger partial charge is 0.226 e. The maximum absolute atomic E-state index is 12.2. The Kier molecular flexibility index (Phi) is 3.24. The second-order valence-corrected chi connectivity index (χ2v) is 6.27. The van der Waals surface area contributed by atoms with Crippen LogP contribution in [0.5, 0.6) is 0 Å². The molecule has 2 aliphatic rings. The largest absolute Gasteiger partial charge is 0.311 e. The van der Waals surface area contributed by atoms with Crippen molar-refractivity contribution in [1.29, 1.82) is 0 Å². The summed E-state index contributed by atoms with van der Waals surface area (Å²) in [6.07, 6.45) is 11.1. The van der Waals surface area contributed by atoms with Crippen LogP contribution < -0.4 is 5.32 Å². The van der Waals surface area contributed by atoms with Crippen LogP contribution in [0.4, 0.5) is 5.82 Å². The Morgan fingerprint density at radius 3 is 2.82 bits per heavy atom. The molecule has 3 heterocycles. The lowest BCUT2D eigenvalue weighted by atomic mass is 9.89. The third kappa shape index (κ3) is 2.14. The van der Waals surface area contributed by atoms with Gasteiger partial charge in [0.15, 0.2) is 0 Å². The Balaban J connectivity index is 1.73. The number of hydrogen-bond acceptors (Lipinski definition) is 3. The van der Waals surface area contributed by atoms with Gasteiger partial charge in [0.2, 0.25) is 5.91 Å². The molecule has 0 spiro atoms. The minimum atomic E-state index is 0.0687. The van der Waals surface area contributed by atoms with Crippen LogP contribution in [0.15, 0.2) is 18.6 Å². The summed E-state index contributed by atoms with van der Waals surface area (Å²) in [5, 5.41) is 12.0. The molecule has 4 rings (SSSR count). The second kappa shape index (κ2) is 5.26. The van der Waals surface area contributed by atoms with E-state index in [0.717, 1.165) is 36.3 Å². The van der Waals surface area contributed by atoms with Gasteiger partial charge in [0.05, 0.1) is 18.4 Å². The fourth-order valence-corrected chi connectivity index (χ4v) is 3.69. The number of carbonyl (C=O) groups excluding carboxylic acids is 1. The SMILES string of the molecule is CCn1cc(C2CC(=O)Nc3c2cnn3C2CCCC2)cn1. The molecule has 1 fully saturated rings. The number of aryl methyl sites for hydroxylation is 1. The minimum absolute atomic E-state index is 0.0687. The van der Waals surface area contributed by atoms with Gasteiger partial charge in [0, 0.05) is 30.6 Å². The van der Waals surface area contributed by atoms with E-state index in [1.165, 1.54) is 12.8 Å². The monoisotopic (exact) mass is 299 g/mol. The van der Waals surface area contributed by atoms with Crippen molar-refractivity contribution in [1.82, 2.24) is 19.6 Å². The van der Waals surface area contributed by atoms with Crippen LogP contribution in [-0.4, -0.2) is 25.5 Å². The van der Waals surface area contributed by atoms with Crippen molar-refractivity contribution in [2.45, 2.75) is 57.5 Å². The maximum Gasteiger partial charge on any atom is 0.226 e. The first-order valence-corrected chi connectivity index (χ1v) is 8.16. The van der Waals surface area contributed by atoms with E-state index >= 15 is 0 Å². The van der Waals surface area contributed by atoms with E-state index in [4.69, 9.17) is 0 Å². The van der Waals surface area contributed by atoms with Crippen LogP contribution in [0.1, 0.15) is 62.1 Å². The van der Waals surface area contributed by atoms with Crippen LogP contribution in [0.25, 0.3) is 0 Å². The molecule has 1 N–H and O–H groups in total. The van der Waals surface area contributed by atoms with Crippen molar-refractivity contribution in [2.24, 2.45) is 0 Å². The summed E-state index contributed by atoms with van der Waals surface area (Å²) < 4.78 is 3.94. The summed E-state index contributed by atoms with van der Waals surface area (Å²) in [5.74, 6) is 1.04. The average Bonchev–Trinajstić information content (AvgIpc) is 3.25. The van der Waals surface area contributed by atoms with Gasteiger partial charge in [-0.05, 0) is 25.3 Å². The molecule has 22 heavy (non-hydrogen) atoms. The van der Waals surface area contributed by atoms with Crippen LogP contribution in [0, 0.1) is 0 Å². The molecular weight excluding hydrogens is 278 g/mol. The lowest BCUT2D eigenvalue weighted by Crippen LogP contribution is -2.25. The van der Waals surface area contributed by atoms with E-state index in [1.807, 2.05) is 28.0 Å². The molecule has 1 aliphatic heterocycles. The maximum atomic E-state index is 12.2. The number of nitrogens with zero attached hydrogens (tertiary/aromatic N) is 4. The van der Waals surface area contributed by atoms with E-state index < -0.39 is 0 Å². The number of carbonyl (C=O) groups is 1. The van der Waals surface area contributed by atoms with Gasteiger partial charge >= 0.3 is 0 Å². The number of hydrogen-bond donors (Lipinski definition) is 1. The molecule has 1 amide bonds. The number of amides is 1. The van der Waals surface area contributed by atoms with Crippen LogP contribution in [-0.2, 0) is 11.3 Å². The van der Waals surface area contributed by atoms with Gasteiger partial charge in [-0.25, -0.2) is 4.68 Å². The molecule has 0 bridgehead atoms. The first-order chi connectivity index (χ1) is 10.8. The molecule has 0 radical (unpaired) electrons. The summed E-state index contributed by atoms with van der Waals surface area (Å²) >= 11 is 0. The molecule has 0 aromatic carbocycles. The quantitative estimate of drug-likeness (QED) is 0.947. The van der Waals surface area contributed by atoms with Crippen molar-refractivity contribution < 1.29 is 4.79 Å². The number of aromatic nitrogens is 4. The molecule has 1 saturated carbocycles. The molecule has 1 aliphatic carbocycles. The van der Waals surface area contributed by atoms with Crippen molar-refractivity contribution in [3.63, 3.8) is 0 Å². The van der Waals surface area contributed by atoms with E-state index in [2.05, 4.69) is 22.4 Å². The summed E-state index contributed by atoms with van der Waals surface area (Å²) in [7, 11) is 0. The Labute approximate surface area is 129 Å². The Morgan fingerprint density at radius 2 is 2.09 bits per heavy atom. The molecule has 116 valence electrons. The second-order valence-electron chi connectivity index (χ2n) is 6.27. The molecule has 0 saturated heterocycles. The topological polar surface area (TPSA) is 64.7 Å². The van der Waals surface area contributed by atoms with Crippen molar-refractivity contribution >= 4 is 11.7 Å². The highest BCUT2D eigenvalue weighted by Crippen LogP contribution is 2.40. The zero-order chi connectivity index (χ0) is 15.1. The molecule has 2 aromatic heterocycles. The molecule has 2 aromatic rings. The van der Waals surface area contributed by atoms with E-state index in [-0.39, 0.29) is 11.8 Å². The van der Waals surface area contributed by atoms with Crippen molar-refractivity contribution in [3.05, 3.63) is 29.7 Å². The first-order valence-electron chi connectivity index (χ1n) is 8.16. The number of rotatable bonds is 3. The molecular formula is C16H21N5O. The summed E-state index contributed by atoms with van der Waals surface area (Å²) in [6, 6.07) is 0.432. The number of anilines is 1. The van der Waals surface area contributed by atoms with E-state index in [9.17, 15) is 4.79 Å². The van der Waals surface area contributed by atoms with Gasteiger partial charge in [-0.1, -0.05) is 12.8 Å². The highest BCUT2D eigenvalue weighted by Gasteiger charge is 2.32. The van der Waals surface area contributed by atoms with E-state index in [0.29, 0.717) is 12.5 Å². The third-order valence-corrected chi connectivity index (χ3v) is 4.90. The van der Waals surface area contributed by atoms with Gasteiger partial charge in [-0.15, -0.1) is 0 Å². The Bertz CT molecular complexity index is 695. The van der Waals surface area contributed by atoms with Gasteiger partial charge < -0.3 is 5.32 Å².